The van der Waals surface area contributed by atoms with Gasteiger partial charge in [-0.3, -0.25) is 9.59 Å². The fraction of sp³-hybridized carbons (Fsp3) is 0.690. The molecule has 39 heavy (non-hydrogen) atoms. The Kier molecular flexibility index (Phi) is 7.50. The maximum absolute atomic E-state index is 14.9. The molecule has 2 amide bonds. The van der Waals surface area contributed by atoms with Crippen LogP contribution < -0.4 is 20.1 Å². The van der Waals surface area contributed by atoms with Gasteiger partial charge in [0.25, 0.3) is 5.91 Å². The molecule has 0 heterocycles. The summed E-state index contributed by atoms with van der Waals surface area (Å²) in [5, 5.41) is 15.3. The highest BCUT2D eigenvalue weighted by Crippen LogP contribution is 2.49. The predicted octanol–water partition coefficient (Wildman–Crippen LogP) is 4.40. The van der Waals surface area contributed by atoms with E-state index in [1.165, 1.54) is 19.6 Å². The number of methoxy groups -OCH3 is 1. The number of aliphatic carboxylic acids is 1. The molecule has 4 saturated carbocycles. The van der Waals surface area contributed by atoms with Crippen LogP contribution in [0.3, 0.4) is 0 Å². The van der Waals surface area contributed by atoms with Crippen molar-refractivity contribution in [1.29, 1.82) is 0 Å². The maximum Gasteiger partial charge on any atom is 0.341 e. The largest absolute Gasteiger partial charge is 0.496 e. The number of ether oxygens (including phenoxy) is 2. The van der Waals surface area contributed by atoms with Crippen LogP contribution in [0.1, 0.15) is 81.5 Å². The van der Waals surface area contributed by atoms with E-state index in [0.29, 0.717) is 6.54 Å². The summed E-state index contributed by atoms with van der Waals surface area (Å²) in [6.07, 6.45) is 5.37. The molecule has 4 atom stereocenters. The van der Waals surface area contributed by atoms with Crippen LogP contribution in [0.4, 0.5) is 8.78 Å². The van der Waals surface area contributed by atoms with Crippen molar-refractivity contribution in [2.24, 2.45) is 23.2 Å². The number of rotatable bonds is 9. The number of carbonyl (C=O) groups excluding carboxylic acids is 2. The van der Waals surface area contributed by atoms with Gasteiger partial charge in [0.1, 0.15) is 5.75 Å². The van der Waals surface area contributed by atoms with Crippen molar-refractivity contribution in [2.75, 3.05) is 13.7 Å². The monoisotopic (exact) mass is 548 g/mol. The van der Waals surface area contributed by atoms with Crippen molar-refractivity contribution in [3.63, 3.8) is 0 Å². The van der Waals surface area contributed by atoms with Crippen LogP contribution in [-0.2, 0) is 9.59 Å². The van der Waals surface area contributed by atoms with Crippen molar-refractivity contribution >= 4 is 17.8 Å². The summed E-state index contributed by atoms with van der Waals surface area (Å²) in [4.78, 5) is 37.9. The Bertz CT molecular complexity index is 1130. The highest BCUT2D eigenvalue weighted by Gasteiger charge is 2.52. The minimum absolute atomic E-state index is 0.0154. The molecular formula is C29H38F2N2O6. The Morgan fingerprint density at radius 1 is 1.05 bits per heavy atom. The molecule has 5 rings (SSSR count). The minimum atomic E-state index is -2.30. The number of carboxylic acids is 1. The molecule has 4 aliphatic carbocycles. The summed E-state index contributed by atoms with van der Waals surface area (Å²) in [6, 6.07) is 2.03. The summed E-state index contributed by atoms with van der Waals surface area (Å²) in [7, 11) is 1.34. The van der Waals surface area contributed by atoms with Crippen molar-refractivity contribution < 1.29 is 37.7 Å². The van der Waals surface area contributed by atoms with Gasteiger partial charge in [0.15, 0.2) is 11.6 Å². The third kappa shape index (κ3) is 5.43. The topological polar surface area (TPSA) is 114 Å². The van der Waals surface area contributed by atoms with Crippen LogP contribution in [0.5, 0.6) is 11.5 Å². The molecule has 4 aliphatic rings. The summed E-state index contributed by atoms with van der Waals surface area (Å²) < 4.78 is 40.3. The van der Waals surface area contributed by atoms with Crippen molar-refractivity contribution in [3.8, 4) is 11.5 Å². The van der Waals surface area contributed by atoms with Gasteiger partial charge in [0.2, 0.25) is 11.6 Å². The standard InChI is InChI=1S/C29H38F2N2O6/c1-28(8-3-9-28)15-32-26(35)23-16-4-5-17(12-16)24(23)33-25(34)19-13-22(20(30)14-21(19)38-2)39-18-6-10-29(31,11-7-18)27(36)37/h13-14,16-18,23-24H,3-12,15H2,1-2H3,(H,32,35)(H,33,34)(H,36,37). The van der Waals surface area contributed by atoms with Crippen molar-refractivity contribution in [3.05, 3.63) is 23.5 Å². The third-order valence-corrected chi connectivity index (χ3v) is 9.67. The van der Waals surface area contributed by atoms with Gasteiger partial charge in [-0.15, -0.1) is 0 Å². The molecule has 0 radical (unpaired) electrons. The SMILES string of the molecule is COc1cc(F)c(OC2CCC(F)(C(=O)O)CC2)cc1C(=O)NC1C2CCC(C2)C1C(=O)NCC1(C)CCC1. The average Bonchev–Trinajstić information content (AvgIpc) is 3.50. The predicted molar refractivity (Wildman–Crippen MR) is 138 cm³/mol. The Morgan fingerprint density at radius 2 is 1.74 bits per heavy atom. The van der Waals surface area contributed by atoms with Crippen LogP contribution in [0.2, 0.25) is 0 Å². The number of nitrogens with one attached hydrogen (secondary N) is 2. The molecule has 0 aromatic heterocycles. The Balaban J connectivity index is 1.28. The molecule has 8 nitrogen and oxygen atoms in total. The Labute approximate surface area is 227 Å². The lowest BCUT2D eigenvalue weighted by atomic mass is 9.70. The first kappa shape index (κ1) is 27.6. The van der Waals surface area contributed by atoms with Crippen LogP contribution in [0, 0.1) is 29.0 Å². The zero-order valence-corrected chi connectivity index (χ0v) is 22.6. The van der Waals surface area contributed by atoms with E-state index in [4.69, 9.17) is 14.6 Å². The molecule has 4 fully saturated rings. The first-order chi connectivity index (χ1) is 18.5. The average molecular weight is 549 g/mol. The number of halogens is 2. The van der Waals surface area contributed by atoms with Crippen LogP contribution >= 0.6 is 0 Å². The van der Waals surface area contributed by atoms with Gasteiger partial charge >= 0.3 is 5.97 Å². The number of hydrogen-bond donors (Lipinski definition) is 3. The normalized spacial score (nSPS) is 32.7. The van der Waals surface area contributed by atoms with E-state index in [9.17, 15) is 23.2 Å². The fourth-order valence-electron chi connectivity index (χ4n) is 7.01. The Morgan fingerprint density at radius 3 is 2.36 bits per heavy atom. The number of fused-ring (bicyclic) bond motifs is 2. The lowest BCUT2D eigenvalue weighted by molar-refractivity contribution is -0.154. The first-order valence-electron chi connectivity index (χ1n) is 14.1. The second-order valence-electron chi connectivity index (χ2n) is 12.3. The van der Waals surface area contributed by atoms with Crippen LogP contribution in [0.15, 0.2) is 12.1 Å². The zero-order valence-electron chi connectivity index (χ0n) is 22.6. The third-order valence-electron chi connectivity index (χ3n) is 9.67. The van der Waals surface area contributed by atoms with Crippen molar-refractivity contribution in [1.82, 2.24) is 10.6 Å². The molecule has 0 spiro atoms. The van der Waals surface area contributed by atoms with Crippen molar-refractivity contribution in [2.45, 2.75) is 88.9 Å². The molecule has 10 heteroatoms. The smallest absolute Gasteiger partial charge is 0.341 e. The maximum atomic E-state index is 14.9. The number of benzene rings is 1. The molecule has 1 aromatic rings. The lowest BCUT2D eigenvalue weighted by Crippen LogP contribution is -2.51. The van der Waals surface area contributed by atoms with Crippen LogP contribution in [0.25, 0.3) is 0 Å². The highest BCUT2D eigenvalue weighted by molar-refractivity contribution is 5.98. The summed E-state index contributed by atoms with van der Waals surface area (Å²) in [6.45, 7) is 2.83. The summed E-state index contributed by atoms with van der Waals surface area (Å²) >= 11 is 0. The van der Waals surface area contributed by atoms with Gasteiger partial charge in [-0.25, -0.2) is 13.6 Å². The van der Waals surface area contributed by atoms with Crippen LogP contribution in [-0.4, -0.2) is 54.4 Å². The number of hydrogen-bond acceptors (Lipinski definition) is 5. The first-order valence-corrected chi connectivity index (χ1v) is 14.1. The van der Waals surface area contributed by atoms with Gasteiger partial charge < -0.3 is 25.2 Å². The minimum Gasteiger partial charge on any atom is -0.496 e. The van der Waals surface area contributed by atoms with E-state index < -0.39 is 29.5 Å². The number of carbonyl (C=O) groups is 3. The number of amides is 2. The van der Waals surface area contributed by atoms with E-state index in [0.717, 1.165) is 38.2 Å². The molecule has 3 N–H and O–H groups in total. The van der Waals surface area contributed by atoms with E-state index in [1.54, 1.807) is 0 Å². The van der Waals surface area contributed by atoms with Gasteiger partial charge in [0, 0.05) is 18.7 Å². The molecule has 0 saturated heterocycles. The Hall–Kier alpha value is -2.91. The zero-order chi connectivity index (χ0) is 27.9. The molecule has 214 valence electrons. The van der Waals surface area contributed by atoms with E-state index >= 15 is 0 Å². The number of carboxylic acid groups (broad SMARTS) is 1. The molecule has 4 unspecified atom stereocenters. The van der Waals surface area contributed by atoms with E-state index in [1.807, 2.05) is 0 Å². The van der Waals surface area contributed by atoms with Gasteiger partial charge in [-0.1, -0.05) is 13.3 Å². The summed E-state index contributed by atoms with van der Waals surface area (Å²) in [5.74, 6) is -2.75. The highest BCUT2D eigenvalue weighted by atomic mass is 19.1. The van der Waals surface area contributed by atoms with E-state index in [2.05, 4.69) is 17.6 Å². The second kappa shape index (κ2) is 10.6. The second-order valence-corrected chi connectivity index (χ2v) is 12.3. The van der Waals surface area contributed by atoms with E-state index in [-0.39, 0.29) is 77.9 Å². The fourth-order valence-corrected chi connectivity index (χ4v) is 7.01. The van der Waals surface area contributed by atoms with Gasteiger partial charge in [-0.2, -0.15) is 0 Å². The van der Waals surface area contributed by atoms with Gasteiger partial charge in [-0.05, 0) is 81.1 Å². The summed E-state index contributed by atoms with van der Waals surface area (Å²) in [5.41, 5.74) is -2.07. The molecule has 0 aliphatic heterocycles. The van der Waals surface area contributed by atoms with Gasteiger partial charge in [0.05, 0.1) is 24.7 Å². The quantitative estimate of drug-likeness (QED) is 0.422. The molecular weight excluding hydrogens is 510 g/mol. The number of alkyl halides is 1. The molecule has 1 aromatic carbocycles. The molecule has 2 bridgehead atoms. The lowest BCUT2D eigenvalue weighted by Gasteiger charge is -2.39.